The topological polar surface area (TPSA) is 26.3 Å². The monoisotopic (exact) mass is 318 g/mol. The van der Waals surface area contributed by atoms with Gasteiger partial charge < -0.3 is 4.74 Å². The van der Waals surface area contributed by atoms with Gasteiger partial charge in [0.05, 0.1) is 7.11 Å². The Morgan fingerprint density at radius 3 is 2.74 bits per heavy atom. The van der Waals surface area contributed by atoms with Crippen LogP contribution in [-0.4, -0.2) is 13.1 Å². The number of carbonyl (C=O) groups excluding carboxylic acids is 1. The van der Waals surface area contributed by atoms with Gasteiger partial charge in [0.25, 0.3) is 0 Å². The van der Waals surface area contributed by atoms with Crippen LogP contribution in [-0.2, 0) is 9.53 Å². The first-order chi connectivity index (χ1) is 10.7. The highest BCUT2D eigenvalue weighted by molar-refractivity contribution is 5.69. The second-order valence-electron chi connectivity index (χ2n) is 8.78. The summed E-state index contributed by atoms with van der Waals surface area (Å²) < 4.78 is 4.80. The van der Waals surface area contributed by atoms with Crippen molar-refractivity contribution < 1.29 is 9.53 Å². The zero-order chi connectivity index (χ0) is 17.3. The molecule has 2 aliphatic rings. The molecule has 2 nitrogen and oxygen atoms in total. The van der Waals surface area contributed by atoms with Crippen LogP contribution in [0, 0.1) is 28.6 Å². The van der Waals surface area contributed by atoms with E-state index in [9.17, 15) is 4.79 Å². The first-order valence-corrected chi connectivity index (χ1v) is 9.14. The molecule has 0 amide bonds. The van der Waals surface area contributed by atoms with Crippen LogP contribution in [0.5, 0.6) is 0 Å². The highest BCUT2D eigenvalue weighted by Crippen LogP contribution is 2.59. The molecule has 0 aromatic rings. The molecule has 0 saturated heterocycles. The van der Waals surface area contributed by atoms with Crippen LogP contribution in [0.25, 0.3) is 0 Å². The molecular weight excluding hydrogens is 284 g/mol. The Morgan fingerprint density at radius 2 is 2.09 bits per heavy atom. The molecular formula is C21H34O2. The van der Waals surface area contributed by atoms with Gasteiger partial charge >= 0.3 is 5.97 Å². The maximum atomic E-state index is 11.5. The van der Waals surface area contributed by atoms with Gasteiger partial charge in [0.1, 0.15) is 0 Å². The van der Waals surface area contributed by atoms with Gasteiger partial charge in [0.2, 0.25) is 0 Å². The third-order valence-corrected chi connectivity index (χ3v) is 6.53. The zero-order valence-electron chi connectivity index (χ0n) is 15.7. The largest absolute Gasteiger partial charge is 0.469 e. The summed E-state index contributed by atoms with van der Waals surface area (Å²) in [4.78, 5) is 11.5. The Kier molecular flexibility index (Phi) is 5.43. The molecule has 0 bridgehead atoms. The number of hydrogen-bond acceptors (Lipinski definition) is 2. The average Bonchev–Trinajstić information content (AvgIpc) is 2.45. The van der Waals surface area contributed by atoms with Crippen molar-refractivity contribution in [2.75, 3.05) is 7.11 Å². The van der Waals surface area contributed by atoms with Crippen molar-refractivity contribution in [2.45, 2.75) is 66.2 Å². The van der Waals surface area contributed by atoms with E-state index >= 15 is 0 Å². The van der Waals surface area contributed by atoms with Crippen LogP contribution in [0.1, 0.15) is 66.2 Å². The fraction of sp³-hybridized carbons (Fsp3) is 0.762. The molecule has 2 aliphatic carbocycles. The van der Waals surface area contributed by atoms with Gasteiger partial charge in [-0.15, -0.1) is 0 Å². The molecule has 2 rings (SSSR count). The van der Waals surface area contributed by atoms with E-state index in [0.29, 0.717) is 35.0 Å². The van der Waals surface area contributed by atoms with Crippen molar-refractivity contribution >= 4 is 5.97 Å². The lowest BCUT2D eigenvalue weighted by Gasteiger charge is -2.56. The molecule has 0 aromatic carbocycles. The summed E-state index contributed by atoms with van der Waals surface area (Å²) in [6.45, 7) is 13.8. The molecule has 23 heavy (non-hydrogen) atoms. The Morgan fingerprint density at radius 1 is 1.39 bits per heavy atom. The summed E-state index contributed by atoms with van der Waals surface area (Å²) >= 11 is 0. The van der Waals surface area contributed by atoms with E-state index < -0.39 is 0 Å². The van der Waals surface area contributed by atoms with Crippen LogP contribution >= 0.6 is 0 Å². The number of fused-ring (bicyclic) bond motifs is 1. The van der Waals surface area contributed by atoms with Crippen LogP contribution in [0.3, 0.4) is 0 Å². The zero-order valence-corrected chi connectivity index (χ0v) is 15.7. The first-order valence-electron chi connectivity index (χ1n) is 9.14. The standard InChI is InChI=1S/C21H34O2/c1-15(14-19(22)23-6)8-10-17-16(2)9-11-18-20(3,4)12-7-13-21(17,18)5/h9,11,15,17-18H,2,7-8,10,12-14H2,1,3-6H3. The summed E-state index contributed by atoms with van der Waals surface area (Å²) in [5.41, 5.74) is 1.98. The van der Waals surface area contributed by atoms with E-state index in [1.54, 1.807) is 0 Å². The molecule has 0 spiro atoms. The SMILES string of the molecule is C=C1C=CC2C(C)(C)CCCC2(C)C1CCC(C)CC(=O)OC. The maximum Gasteiger partial charge on any atom is 0.305 e. The number of hydrogen-bond donors (Lipinski definition) is 0. The Hall–Kier alpha value is -1.05. The Bertz CT molecular complexity index is 488. The van der Waals surface area contributed by atoms with Crippen molar-refractivity contribution in [1.29, 1.82) is 0 Å². The fourth-order valence-electron chi connectivity index (χ4n) is 5.20. The highest BCUT2D eigenvalue weighted by Gasteiger charge is 2.50. The summed E-state index contributed by atoms with van der Waals surface area (Å²) in [5, 5.41) is 0. The second-order valence-corrected chi connectivity index (χ2v) is 8.78. The van der Waals surface area contributed by atoms with Gasteiger partial charge in [-0.2, -0.15) is 0 Å². The van der Waals surface area contributed by atoms with E-state index in [1.165, 1.54) is 31.9 Å². The normalized spacial score (nSPS) is 33.9. The molecule has 1 saturated carbocycles. The van der Waals surface area contributed by atoms with Crippen molar-refractivity contribution in [3.05, 3.63) is 24.3 Å². The van der Waals surface area contributed by atoms with Crippen LogP contribution in [0.2, 0.25) is 0 Å². The van der Waals surface area contributed by atoms with Crippen LogP contribution in [0.4, 0.5) is 0 Å². The van der Waals surface area contributed by atoms with E-state index in [0.717, 1.165) is 12.8 Å². The average molecular weight is 319 g/mol. The summed E-state index contributed by atoms with van der Waals surface area (Å²) in [6.07, 6.45) is 11.3. The van der Waals surface area contributed by atoms with Crippen molar-refractivity contribution in [3.8, 4) is 0 Å². The quantitative estimate of drug-likeness (QED) is 0.622. The van der Waals surface area contributed by atoms with E-state index in [-0.39, 0.29) is 5.97 Å². The molecule has 0 aliphatic heterocycles. The molecule has 2 heteroatoms. The molecule has 0 heterocycles. The molecule has 0 N–H and O–H groups in total. The van der Waals surface area contributed by atoms with Crippen molar-refractivity contribution in [2.24, 2.45) is 28.6 Å². The maximum absolute atomic E-state index is 11.5. The molecule has 130 valence electrons. The van der Waals surface area contributed by atoms with Crippen molar-refractivity contribution in [1.82, 2.24) is 0 Å². The third kappa shape index (κ3) is 3.72. The molecule has 0 aromatic heterocycles. The summed E-state index contributed by atoms with van der Waals surface area (Å²) in [7, 11) is 1.47. The van der Waals surface area contributed by atoms with Crippen LogP contribution < -0.4 is 0 Å². The smallest absolute Gasteiger partial charge is 0.305 e. The van der Waals surface area contributed by atoms with Gasteiger partial charge in [-0.1, -0.05) is 58.4 Å². The van der Waals surface area contributed by atoms with Crippen molar-refractivity contribution in [3.63, 3.8) is 0 Å². The van der Waals surface area contributed by atoms with Gasteiger partial charge in [-0.25, -0.2) is 0 Å². The lowest BCUT2D eigenvalue weighted by atomic mass is 9.49. The summed E-state index contributed by atoms with van der Waals surface area (Å²) in [6, 6.07) is 0. The predicted octanol–water partition coefficient (Wildman–Crippen LogP) is 5.54. The second kappa shape index (κ2) is 6.83. The number of esters is 1. The Labute approximate surface area is 142 Å². The minimum absolute atomic E-state index is 0.0947. The third-order valence-electron chi connectivity index (χ3n) is 6.53. The number of carbonyl (C=O) groups is 1. The Balaban J connectivity index is 2.10. The number of methoxy groups -OCH3 is 1. The van der Waals surface area contributed by atoms with Gasteiger partial charge in [0.15, 0.2) is 0 Å². The fourth-order valence-corrected chi connectivity index (χ4v) is 5.20. The van der Waals surface area contributed by atoms with E-state index in [1.807, 2.05) is 0 Å². The minimum atomic E-state index is -0.0947. The van der Waals surface area contributed by atoms with Gasteiger partial charge in [-0.05, 0) is 54.3 Å². The highest BCUT2D eigenvalue weighted by atomic mass is 16.5. The summed E-state index contributed by atoms with van der Waals surface area (Å²) in [5.74, 6) is 1.45. The molecule has 1 fully saturated rings. The molecule has 4 atom stereocenters. The lowest BCUT2D eigenvalue weighted by molar-refractivity contribution is -0.141. The number of ether oxygens (including phenoxy) is 1. The minimum Gasteiger partial charge on any atom is -0.469 e. The van der Waals surface area contributed by atoms with Gasteiger partial charge in [-0.3, -0.25) is 4.79 Å². The van der Waals surface area contributed by atoms with E-state index in [4.69, 9.17) is 4.74 Å². The van der Waals surface area contributed by atoms with Crippen LogP contribution in [0.15, 0.2) is 24.3 Å². The number of allylic oxidation sites excluding steroid dienone is 3. The number of rotatable bonds is 5. The van der Waals surface area contributed by atoms with E-state index in [2.05, 4.69) is 46.4 Å². The first kappa shape index (κ1) is 18.3. The molecule has 4 unspecified atom stereocenters. The molecule has 0 radical (unpaired) electrons. The lowest BCUT2D eigenvalue weighted by Crippen LogP contribution is -2.47. The predicted molar refractivity (Wildman–Crippen MR) is 96.0 cm³/mol. The van der Waals surface area contributed by atoms with Gasteiger partial charge in [0, 0.05) is 6.42 Å².